The first kappa shape index (κ1) is 17.6. The highest BCUT2D eigenvalue weighted by Crippen LogP contribution is 2.43. The standard InChI is InChI=1S/C19H19ClN4O3/c1-11-14-6-18(27-3)17(26-2)5-12(14)4-16(23(11)10-25)15-7-19-21-8-13(20)9-24(19)22-15/h5-11,16H,4H2,1-3H3. The van der Waals surface area contributed by atoms with Gasteiger partial charge in [0.2, 0.25) is 6.41 Å². The molecule has 7 nitrogen and oxygen atoms in total. The molecule has 0 radical (unpaired) electrons. The second-order valence-corrected chi connectivity index (χ2v) is 6.94. The number of nitrogens with zero attached hydrogens (tertiary/aromatic N) is 4. The number of methoxy groups -OCH3 is 2. The van der Waals surface area contributed by atoms with Crippen LogP contribution in [0.5, 0.6) is 11.5 Å². The normalized spacial score (nSPS) is 19.0. The molecule has 1 aliphatic heterocycles. The number of rotatable bonds is 4. The minimum atomic E-state index is -0.205. The van der Waals surface area contributed by atoms with E-state index < -0.39 is 0 Å². The van der Waals surface area contributed by atoms with Crippen LogP contribution in [-0.4, -0.2) is 40.1 Å². The minimum absolute atomic E-state index is 0.127. The molecule has 0 spiro atoms. The van der Waals surface area contributed by atoms with E-state index in [0.717, 1.165) is 23.2 Å². The lowest BCUT2D eigenvalue weighted by Crippen LogP contribution is -2.36. The van der Waals surface area contributed by atoms with Gasteiger partial charge in [0.1, 0.15) is 0 Å². The molecule has 8 heteroatoms. The molecule has 1 amide bonds. The molecule has 0 saturated heterocycles. The van der Waals surface area contributed by atoms with Crippen molar-refractivity contribution in [2.45, 2.75) is 25.4 Å². The van der Waals surface area contributed by atoms with Gasteiger partial charge in [-0.3, -0.25) is 4.79 Å². The van der Waals surface area contributed by atoms with Crippen LogP contribution in [0.1, 0.15) is 35.8 Å². The second kappa shape index (κ2) is 6.74. The number of halogens is 1. The van der Waals surface area contributed by atoms with E-state index in [2.05, 4.69) is 10.1 Å². The van der Waals surface area contributed by atoms with Crippen molar-refractivity contribution in [2.24, 2.45) is 0 Å². The molecule has 2 unspecified atom stereocenters. The summed E-state index contributed by atoms with van der Waals surface area (Å²) in [4.78, 5) is 18.0. The van der Waals surface area contributed by atoms with Crippen molar-refractivity contribution in [1.29, 1.82) is 0 Å². The quantitative estimate of drug-likeness (QED) is 0.644. The van der Waals surface area contributed by atoms with E-state index in [-0.39, 0.29) is 12.1 Å². The fourth-order valence-corrected chi connectivity index (χ4v) is 3.85. The molecule has 27 heavy (non-hydrogen) atoms. The zero-order chi connectivity index (χ0) is 19.1. The van der Waals surface area contributed by atoms with Crippen LogP contribution in [0.25, 0.3) is 5.65 Å². The highest BCUT2D eigenvalue weighted by atomic mass is 35.5. The first-order valence-electron chi connectivity index (χ1n) is 8.54. The lowest BCUT2D eigenvalue weighted by Gasteiger charge is -2.39. The average molecular weight is 387 g/mol. The predicted octanol–water partition coefficient (Wildman–Crippen LogP) is 3.22. The molecule has 3 aromatic rings. The number of fused-ring (bicyclic) bond motifs is 2. The van der Waals surface area contributed by atoms with Crippen molar-refractivity contribution in [3.05, 3.63) is 52.4 Å². The summed E-state index contributed by atoms with van der Waals surface area (Å²) >= 11 is 6.01. The van der Waals surface area contributed by atoms with Crippen LogP contribution in [0, 0.1) is 0 Å². The molecule has 0 N–H and O–H groups in total. The molecule has 2 aromatic heterocycles. The Balaban J connectivity index is 1.81. The Morgan fingerprint density at radius 2 is 1.96 bits per heavy atom. The van der Waals surface area contributed by atoms with Gasteiger partial charge in [0.05, 0.1) is 43.2 Å². The van der Waals surface area contributed by atoms with Crippen LogP contribution >= 0.6 is 11.6 Å². The molecule has 1 aromatic carbocycles. The van der Waals surface area contributed by atoms with E-state index in [0.29, 0.717) is 28.6 Å². The van der Waals surface area contributed by atoms with Gasteiger partial charge in [-0.15, -0.1) is 0 Å². The Hall–Kier alpha value is -2.80. The number of carbonyl (C=O) groups is 1. The monoisotopic (exact) mass is 386 g/mol. The predicted molar refractivity (Wildman–Crippen MR) is 100 cm³/mol. The van der Waals surface area contributed by atoms with Gasteiger partial charge in [0, 0.05) is 12.3 Å². The zero-order valence-corrected chi connectivity index (χ0v) is 16.0. The first-order valence-corrected chi connectivity index (χ1v) is 8.92. The SMILES string of the molecule is COc1cc2c(cc1OC)C(C)N(C=O)C(c1cc3ncc(Cl)cn3n1)C2. The molecule has 3 heterocycles. The zero-order valence-electron chi connectivity index (χ0n) is 15.2. The second-order valence-electron chi connectivity index (χ2n) is 6.50. The molecule has 1 aliphatic rings. The van der Waals surface area contributed by atoms with Gasteiger partial charge in [-0.1, -0.05) is 11.6 Å². The summed E-state index contributed by atoms with van der Waals surface area (Å²) in [6.07, 6.45) is 4.78. The van der Waals surface area contributed by atoms with Crippen molar-refractivity contribution in [3.63, 3.8) is 0 Å². The third-order valence-electron chi connectivity index (χ3n) is 5.08. The number of carbonyl (C=O) groups excluding carboxylic acids is 1. The molecular formula is C19H19ClN4O3. The van der Waals surface area contributed by atoms with E-state index in [1.165, 1.54) is 0 Å². The van der Waals surface area contributed by atoms with Crippen LogP contribution in [0.2, 0.25) is 5.02 Å². The lowest BCUT2D eigenvalue weighted by atomic mass is 9.87. The Kier molecular flexibility index (Phi) is 4.39. The van der Waals surface area contributed by atoms with Gasteiger partial charge in [0.15, 0.2) is 17.1 Å². The number of benzene rings is 1. The first-order chi connectivity index (χ1) is 13.0. The topological polar surface area (TPSA) is 69.0 Å². The van der Waals surface area contributed by atoms with Gasteiger partial charge in [-0.25, -0.2) is 9.50 Å². The number of hydrogen-bond donors (Lipinski definition) is 0. The number of hydrogen-bond acceptors (Lipinski definition) is 5. The van der Waals surface area contributed by atoms with Gasteiger partial charge >= 0.3 is 0 Å². The maximum absolute atomic E-state index is 11.9. The number of ether oxygens (including phenoxy) is 2. The summed E-state index contributed by atoms with van der Waals surface area (Å²) in [6.45, 7) is 2.00. The molecule has 0 saturated carbocycles. The van der Waals surface area contributed by atoms with Crippen molar-refractivity contribution in [1.82, 2.24) is 19.5 Å². The van der Waals surface area contributed by atoms with Gasteiger partial charge < -0.3 is 14.4 Å². The Morgan fingerprint density at radius 3 is 2.67 bits per heavy atom. The molecule has 0 fully saturated rings. The highest BCUT2D eigenvalue weighted by Gasteiger charge is 2.34. The number of amides is 1. The van der Waals surface area contributed by atoms with Crippen molar-refractivity contribution >= 4 is 23.7 Å². The Labute approximate surface area is 161 Å². The third-order valence-corrected chi connectivity index (χ3v) is 5.27. The minimum Gasteiger partial charge on any atom is -0.493 e. The molecule has 140 valence electrons. The summed E-state index contributed by atoms with van der Waals surface area (Å²) in [5, 5.41) is 5.10. The van der Waals surface area contributed by atoms with E-state index in [4.69, 9.17) is 21.1 Å². The molecule has 4 rings (SSSR count). The van der Waals surface area contributed by atoms with Crippen molar-refractivity contribution in [2.75, 3.05) is 14.2 Å². The number of aromatic nitrogens is 3. The summed E-state index contributed by atoms with van der Waals surface area (Å²) in [5.41, 5.74) is 3.60. The van der Waals surface area contributed by atoms with E-state index in [1.54, 1.807) is 36.0 Å². The van der Waals surface area contributed by atoms with E-state index in [9.17, 15) is 4.79 Å². The Morgan fingerprint density at radius 1 is 1.22 bits per heavy atom. The molecule has 2 atom stereocenters. The summed E-state index contributed by atoms with van der Waals surface area (Å²) in [6, 6.07) is 5.47. The van der Waals surface area contributed by atoms with Gasteiger partial charge in [-0.2, -0.15) is 5.10 Å². The van der Waals surface area contributed by atoms with Crippen molar-refractivity contribution in [3.8, 4) is 11.5 Å². The fourth-order valence-electron chi connectivity index (χ4n) is 3.70. The van der Waals surface area contributed by atoms with Crippen LogP contribution in [0.3, 0.4) is 0 Å². The molecule has 0 bridgehead atoms. The van der Waals surface area contributed by atoms with Crippen molar-refractivity contribution < 1.29 is 14.3 Å². The summed E-state index contributed by atoms with van der Waals surface area (Å²) < 4.78 is 12.5. The highest BCUT2D eigenvalue weighted by molar-refractivity contribution is 6.30. The lowest BCUT2D eigenvalue weighted by molar-refractivity contribution is -0.123. The van der Waals surface area contributed by atoms with Crippen LogP contribution in [-0.2, 0) is 11.2 Å². The third kappa shape index (κ3) is 2.88. The summed E-state index contributed by atoms with van der Waals surface area (Å²) in [5.74, 6) is 1.32. The molecule has 0 aliphatic carbocycles. The van der Waals surface area contributed by atoms with E-state index >= 15 is 0 Å². The summed E-state index contributed by atoms with van der Waals surface area (Å²) in [7, 11) is 3.22. The smallest absolute Gasteiger partial charge is 0.210 e. The van der Waals surface area contributed by atoms with Crippen LogP contribution in [0.4, 0.5) is 0 Å². The van der Waals surface area contributed by atoms with Gasteiger partial charge in [0.25, 0.3) is 0 Å². The van der Waals surface area contributed by atoms with E-state index in [1.807, 2.05) is 25.1 Å². The van der Waals surface area contributed by atoms with Crippen LogP contribution < -0.4 is 9.47 Å². The van der Waals surface area contributed by atoms with Gasteiger partial charge in [-0.05, 0) is 36.6 Å². The molecular weight excluding hydrogens is 368 g/mol. The van der Waals surface area contributed by atoms with Crippen LogP contribution in [0.15, 0.2) is 30.6 Å². The fraction of sp³-hybridized carbons (Fsp3) is 0.316. The maximum Gasteiger partial charge on any atom is 0.210 e. The largest absolute Gasteiger partial charge is 0.493 e. The maximum atomic E-state index is 11.9. The Bertz CT molecular complexity index is 1020. The average Bonchev–Trinajstić information content (AvgIpc) is 3.09.